The van der Waals surface area contributed by atoms with Gasteiger partial charge in [-0.25, -0.2) is 0 Å². The first kappa shape index (κ1) is 18.3. The number of rotatable bonds is 6. The van der Waals surface area contributed by atoms with Crippen LogP contribution in [0.2, 0.25) is 10.0 Å². The van der Waals surface area contributed by atoms with E-state index in [-0.39, 0.29) is 17.9 Å². The lowest BCUT2D eigenvalue weighted by atomic mass is 10.1. The molecule has 0 aliphatic carbocycles. The van der Waals surface area contributed by atoms with Gasteiger partial charge in [-0.1, -0.05) is 23.2 Å². The van der Waals surface area contributed by atoms with Gasteiger partial charge in [0, 0.05) is 22.2 Å². The molecule has 0 saturated carbocycles. The van der Waals surface area contributed by atoms with E-state index in [2.05, 4.69) is 5.32 Å². The summed E-state index contributed by atoms with van der Waals surface area (Å²) in [6.45, 7) is 1.55. The Morgan fingerprint density at radius 1 is 1.25 bits per heavy atom. The molecule has 24 heavy (non-hydrogen) atoms. The van der Waals surface area contributed by atoms with Crippen LogP contribution in [-0.2, 0) is 11.2 Å². The number of hydrogen-bond acceptors (Lipinski definition) is 4. The summed E-state index contributed by atoms with van der Waals surface area (Å²) in [5, 5.41) is 22.3. The summed E-state index contributed by atoms with van der Waals surface area (Å²) < 4.78 is 5.11. The third-order valence-corrected chi connectivity index (χ3v) is 3.75. The lowest BCUT2D eigenvalue weighted by Gasteiger charge is -2.13. The van der Waals surface area contributed by atoms with Crippen molar-refractivity contribution in [2.24, 2.45) is 0 Å². The zero-order valence-electron chi connectivity index (χ0n) is 12.7. The Kier molecular flexibility index (Phi) is 5.88. The van der Waals surface area contributed by atoms with E-state index in [0.29, 0.717) is 21.2 Å². The molecule has 1 aromatic heterocycles. The van der Waals surface area contributed by atoms with Crippen LogP contribution in [0.3, 0.4) is 0 Å². The number of carbonyl (C=O) groups excluding carboxylic acids is 1. The highest BCUT2D eigenvalue weighted by Gasteiger charge is 2.21. The van der Waals surface area contributed by atoms with Crippen molar-refractivity contribution in [2.75, 3.05) is 6.54 Å². The number of aryl methyl sites for hydroxylation is 1. The number of furan rings is 1. The van der Waals surface area contributed by atoms with Gasteiger partial charge in [0.15, 0.2) is 0 Å². The molecule has 0 bridgehead atoms. The van der Waals surface area contributed by atoms with Gasteiger partial charge in [0.25, 0.3) is 5.91 Å². The fourth-order valence-corrected chi connectivity index (χ4v) is 2.78. The fraction of sp³-hybridized carbons (Fsp3) is 0.250. The Balaban J connectivity index is 2.08. The minimum atomic E-state index is -1.10. The van der Waals surface area contributed by atoms with Crippen LogP contribution >= 0.6 is 23.2 Å². The van der Waals surface area contributed by atoms with Crippen molar-refractivity contribution in [3.8, 4) is 0 Å². The van der Waals surface area contributed by atoms with E-state index >= 15 is 0 Å². The molecular weight excluding hydrogens is 357 g/mol. The van der Waals surface area contributed by atoms with Crippen LogP contribution in [0.1, 0.15) is 33.3 Å². The number of hydrogen-bond donors (Lipinski definition) is 3. The molecule has 0 aliphatic heterocycles. The van der Waals surface area contributed by atoms with Gasteiger partial charge in [-0.05, 0) is 30.7 Å². The third-order valence-electron chi connectivity index (χ3n) is 3.32. The first-order valence-corrected chi connectivity index (χ1v) is 7.74. The monoisotopic (exact) mass is 371 g/mol. The van der Waals surface area contributed by atoms with E-state index in [9.17, 15) is 14.7 Å². The second-order valence-corrected chi connectivity index (χ2v) is 6.09. The Hall–Kier alpha value is -2.02. The number of nitrogens with one attached hydrogen (secondary N) is 1. The molecule has 6 nitrogen and oxygen atoms in total. The molecule has 1 unspecified atom stereocenters. The maximum atomic E-state index is 12.3. The Morgan fingerprint density at radius 3 is 2.46 bits per heavy atom. The van der Waals surface area contributed by atoms with Gasteiger partial charge in [0.1, 0.15) is 12.2 Å². The molecule has 8 heteroatoms. The smallest absolute Gasteiger partial charge is 0.311 e. The van der Waals surface area contributed by atoms with E-state index in [1.807, 2.05) is 0 Å². The van der Waals surface area contributed by atoms with Gasteiger partial charge in [-0.2, -0.15) is 0 Å². The van der Waals surface area contributed by atoms with Crippen LogP contribution in [0.25, 0.3) is 0 Å². The van der Waals surface area contributed by atoms with E-state index in [1.165, 1.54) is 12.3 Å². The second-order valence-electron chi connectivity index (χ2n) is 5.22. The number of amides is 1. The standard InChI is InChI=1S/C16H15Cl2NO5/c1-8-7-24-13(5-14(21)22)15(8)16(23)19-6-12(20)9-2-10(17)4-11(18)3-9/h2-4,7,12,20H,5-6H2,1H3,(H,19,23)(H,21,22). The molecule has 1 amide bonds. The van der Waals surface area contributed by atoms with Crippen LogP contribution in [-0.4, -0.2) is 28.6 Å². The minimum absolute atomic E-state index is 0.0674. The number of aliphatic hydroxyl groups is 1. The summed E-state index contributed by atoms with van der Waals surface area (Å²) in [6, 6.07) is 4.62. The van der Waals surface area contributed by atoms with Crippen molar-refractivity contribution < 1.29 is 24.2 Å². The maximum Gasteiger partial charge on any atom is 0.311 e. The van der Waals surface area contributed by atoms with Gasteiger partial charge in [0.05, 0.1) is 17.9 Å². The largest absolute Gasteiger partial charge is 0.481 e. The van der Waals surface area contributed by atoms with Gasteiger partial charge in [-0.15, -0.1) is 0 Å². The summed E-state index contributed by atoms with van der Waals surface area (Å²) in [6.07, 6.45) is -0.0936. The molecule has 128 valence electrons. The predicted octanol–water partition coefficient (Wildman–Crippen LogP) is 2.99. The first-order chi connectivity index (χ1) is 11.3. The Bertz CT molecular complexity index is 752. The van der Waals surface area contributed by atoms with Crippen LogP contribution in [0.15, 0.2) is 28.9 Å². The topological polar surface area (TPSA) is 99.8 Å². The van der Waals surface area contributed by atoms with Crippen LogP contribution in [0.4, 0.5) is 0 Å². The highest BCUT2D eigenvalue weighted by molar-refractivity contribution is 6.34. The number of carboxylic acid groups (broad SMARTS) is 1. The van der Waals surface area contributed by atoms with E-state index < -0.39 is 24.4 Å². The normalized spacial score (nSPS) is 12.0. The number of aliphatic hydroxyl groups excluding tert-OH is 1. The van der Waals surface area contributed by atoms with Crippen molar-refractivity contribution in [1.29, 1.82) is 0 Å². The average molecular weight is 372 g/mol. The molecule has 2 aromatic rings. The van der Waals surface area contributed by atoms with E-state index in [4.69, 9.17) is 32.7 Å². The number of aliphatic carboxylic acids is 1. The summed E-state index contributed by atoms with van der Waals surface area (Å²) in [7, 11) is 0. The zero-order chi connectivity index (χ0) is 17.9. The quantitative estimate of drug-likeness (QED) is 0.724. The summed E-state index contributed by atoms with van der Waals surface area (Å²) >= 11 is 11.8. The van der Waals surface area contributed by atoms with E-state index in [0.717, 1.165) is 0 Å². The van der Waals surface area contributed by atoms with Crippen molar-refractivity contribution >= 4 is 35.1 Å². The zero-order valence-corrected chi connectivity index (χ0v) is 14.2. The molecule has 0 saturated heterocycles. The summed E-state index contributed by atoms with van der Waals surface area (Å²) in [4.78, 5) is 23.1. The average Bonchev–Trinajstić information content (AvgIpc) is 2.83. The van der Waals surface area contributed by atoms with Gasteiger partial charge in [0.2, 0.25) is 0 Å². The summed E-state index contributed by atoms with van der Waals surface area (Å²) in [5.74, 6) is -1.56. The van der Waals surface area contributed by atoms with Crippen molar-refractivity contribution in [3.63, 3.8) is 0 Å². The highest BCUT2D eigenvalue weighted by atomic mass is 35.5. The van der Waals surface area contributed by atoms with Crippen molar-refractivity contribution in [3.05, 3.63) is 57.0 Å². The molecule has 1 atom stereocenters. The second kappa shape index (κ2) is 7.70. The Morgan fingerprint density at radius 2 is 1.88 bits per heavy atom. The summed E-state index contributed by atoms with van der Waals surface area (Å²) in [5.41, 5.74) is 1.14. The molecule has 2 rings (SSSR count). The molecule has 0 fully saturated rings. The number of benzene rings is 1. The number of halogens is 2. The lowest BCUT2D eigenvalue weighted by Crippen LogP contribution is -2.29. The van der Waals surface area contributed by atoms with Crippen LogP contribution in [0.5, 0.6) is 0 Å². The Labute approximate surface area is 148 Å². The lowest BCUT2D eigenvalue weighted by molar-refractivity contribution is -0.136. The fourth-order valence-electron chi connectivity index (χ4n) is 2.23. The molecule has 0 radical (unpaired) electrons. The predicted molar refractivity (Wildman–Crippen MR) is 88.5 cm³/mol. The van der Waals surface area contributed by atoms with Gasteiger partial charge < -0.3 is 19.9 Å². The highest BCUT2D eigenvalue weighted by Crippen LogP contribution is 2.23. The maximum absolute atomic E-state index is 12.3. The molecule has 3 N–H and O–H groups in total. The van der Waals surface area contributed by atoms with Crippen LogP contribution in [0, 0.1) is 6.92 Å². The van der Waals surface area contributed by atoms with Gasteiger partial charge in [-0.3, -0.25) is 9.59 Å². The number of carbonyl (C=O) groups is 2. The molecule has 0 aliphatic rings. The van der Waals surface area contributed by atoms with Crippen molar-refractivity contribution in [1.82, 2.24) is 5.32 Å². The third kappa shape index (κ3) is 4.50. The van der Waals surface area contributed by atoms with Gasteiger partial charge >= 0.3 is 5.97 Å². The molecular formula is C16H15Cl2NO5. The first-order valence-electron chi connectivity index (χ1n) is 6.99. The van der Waals surface area contributed by atoms with Crippen LogP contribution < -0.4 is 5.32 Å². The minimum Gasteiger partial charge on any atom is -0.481 e. The van der Waals surface area contributed by atoms with Crippen molar-refractivity contribution in [2.45, 2.75) is 19.4 Å². The molecule has 0 spiro atoms. The van der Waals surface area contributed by atoms with E-state index in [1.54, 1.807) is 19.1 Å². The number of carboxylic acids is 1. The SMILES string of the molecule is Cc1coc(CC(=O)O)c1C(=O)NCC(O)c1cc(Cl)cc(Cl)c1. The molecule has 1 heterocycles. The molecule has 1 aromatic carbocycles.